The van der Waals surface area contributed by atoms with Gasteiger partial charge in [0.25, 0.3) is 0 Å². The van der Waals surface area contributed by atoms with Crippen LogP contribution in [0, 0.1) is 5.41 Å². The summed E-state index contributed by atoms with van der Waals surface area (Å²) in [5.74, 6) is 0.298. The molecule has 0 atom stereocenters. The Hall–Kier alpha value is -0.990. The molecular formula is C9H18N2O. The highest BCUT2D eigenvalue weighted by atomic mass is 16.4. The molecule has 0 heterocycles. The Morgan fingerprint density at radius 1 is 1.67 bits per heavy atom. The number of allylic oxidation sites excluding steroid dienone is 1. The third-order valence-electron chi connectivity index (χ3n) is 1.88. The standard InChI is InChI=1S/C9H18N2O/c1-4-6-9(2,3)7-5-8(10)11-12/h4,12H,1,5-7H2,2-3H3,(H2,10,11). The summed E-state index contributed by atoms with van der Waals surface area (Å²) >= 11 is 0. The molecule has 0 unspecified atom stereocenters. The molecule has 0 aromatic carbocycles. The Morgan fingerprint density at radius 3 is 2.67 bits per heavy atom. The largest absolute Gasteiger partial charge is 0.409 e. The van der Waals surface area contributed by atoms with Gasteiger partial charge in [-0.05, 0) is 18.3 Å². The molecule has 0 aliphatic heterocycles. The lowest BCUT2D eigenvalue weighted by Crippen LogP contribution is -2.17. The summed E-state index contributed by atoms with van der Waals surface area (Å²) in [4.78, 5) is 0. The predicted octanol–water partition coefficient (Wildman–Crippen LogP) is 2.12. The van der Waals surface area contributed by atoms with Gasteiger partial charge in [0, 0.05) is 6.42 Å². The van der Waals surface area contributed by atoms with Gasteiger partial charge in [0.2, 0.25) is 0 Å². The fourth-order valence-electron chi connectivity index (χ4n) is 1.01. The van der Waals surface area contributed by atoms with Crippen molar-refractivity contribution >= 4 is 5.84 Å². The van der Waals surface area contributed by atoms with Gasteiger partial charge in [0.15, 0.2) is 0 Å². The lowest BCUT2D eigenvalue weighted by Gasteiger charge is -2.21. The lowest BCUT2D eigenvalue weighted by molar-refractivity contribution is 0.310. The van der Waals surface area contributed by atoms with Crippen LogP contribution in [0.1, 0.15) is 33.1 Å². The first kappa shape index (κ1) is 11.0. The van der Waals surface area contributed by atoms with Gasteiger partial charge >= 0.3 is 0 Å². The molecule has 0 aliphatic carbocycles. The highest BCUT2D eigenvalue weighted by Crippen LogP contribution is 2.26. The van der Waals surface area contributed by atoms with Gasteiger partial charge in [-0.2, -0.15) is 0 Å². The smallest absolute Gasteiger partial charge is 0.139 e. The van der Waals surface area contributed by atoms with Crippen LogP contribution in [-0.2, 0) is 0 Å². The minimum atomic E-state index is 0.192. The molecule has 3 N–H and O–H groups in total. The van der Waals surface area contributed by atoms with Crippen molar-refractivity contribution in [1.29, 1.82) is 0 Å². The van der Waals surface area contributed by atoms with Crippen molar-refractivity contribution in [1.82, 2.24) is 0 Å². The van der Waals surface area contributed by atoms with E-state index < -0.39 is 0 Å². The van der Waals surface area contributed by atoms with E-state index in [0.717, 1.165) is 12.8 Å². The van der Waals surface area contributed by atoms with Crippen LogP contribution in [0.25, 0.3) is 0 Å². The molecule has 0 bridgehead atoms. The summed E-state index contributed by atoms with van der Waals surface area (Å²) < 4.78 is 0. The Balaban J connectivity index is 3.82. The predicted molar refractivity (Wildman–Crippen MR) is 51.2 cm³/mol. The molecule has 70 valence electrons. The summed E-state index contributed by atoms with van der Waals surface area (Å²) in [5.41, 5.74) is 5.54. The van der Waals surface area contributed by atoms with Crippen LogP contribution in [0.2, 0.25) is 0 Å². The van der Waals surface area contributed by atoms with E-state index in [0.29, 0.717) is 12.3 Å². The number of hydrogen-bond donors (Lipinski definition) is 2. The molecule has 0 aliphatic rings. The van der Waals surface area contributed by atoms with E-state index in [9.17, 15) is 0 Å². The molecule has 0 amide bonds. The Labute approximate surface area is 74.0 Å². The maximum atomic E-state index is 8.30. The van der Waals surface area contributed by atoms with E-state index in [4.69, 9.17) is 10.9 Å². The Morgan fingerprint density at radius 2 is 2.25 bits per heavy atom. The molecule has 12 heavy (non-hydrogen) atoms. The first-order valence-corrected chi connectivity index (χ1v) is 4.09. The fraction of sp³-hybridized carbons (Fsp3) is 0.667. The van der Waals surface area contributed by atoms with Crippen molar-refractivity contribution in [3.05, 3.63) is 12.7 Å². The van der Waals surface area contributed by atoms with Crippen LogP contribution in [0.4, 0.5) is 0 Å². The van der Waals surface area contributed by atoms with Crippen LogP contribution >= 0.6 is 0 Å². The summed E-state index contributed by atoms with van der Waals surface area (Å²) in [7, 11) is 0. The van der Waals surface area contributed by atoms with Gasteiger partial charge in [-0.15, -0.1) is 6.58 Å². The van der Waals surface area contributed by atoms with Crippen molar-refractivity contribution in [2.45, 2.75) is 33.1 Å². The maximum absolute atomic E-state index is 8.30. The lowest BCUT2D eigenvalue weighted by atomic mass is 9.84. The van der Waals surface area contributed by atoms with Crippen molar-refractivity contribution < 1.29 is 5.21 Å². The molecule has 0 rings (SSSR count). The zero-order valence-electron chi connectivity index (χ0n) is 7.88. The van der Waals surface area contributed by atoms with Gasteiger partial charge in [-0.1, -0.05) is 25.1 Å². The molecule has 0 spiro atoms. The van der Waals surface area contributed by atoms with Crippen molar-refractivity contribution in [3.63, 3.8) is 0 Å². The molecule has 0 radical (unpaired) electrons. The van der Waals surface area contributed by atoms with Crippen molar-refractivity contribution in [3.8, 4) is 0 Å². The second kappa shape index (κ2) is 4.80. The molecular weight excluding hydrogens is 152 g/mol. The first-order valence-electron chi connectivity index (χ1n) is 4.09. The van der Waals surface area contributed by atoms with E-state index in [-0.39, 0.29) is 5.41 Å². The number of amidine groups is 1. The maximum Gasteiger partial charge on any atom is 0.139 e. The van der Waals surface area contributed by atoms with E-state index in [1.807, 2.05) is 6.08 Å². The monoisotopic (exact) mass is 170 g/mol. The highest BCUT2D eigenvalue weighted by Gasteiger charge is 2.15. The molecule has 3 nitrogen and oxygen atoms in total. The quantitative estimate of drug-likeness (QED) is 0.218. The van der Waals surface area contributed by atoms with Gasteiger partial charge in [-0.25, -0.2) is 0 Å². The van der Waals surface area contributed by atoms with Crippen molar-refractivity contribution in [2.24, 2.45) is 16.3 Å². The number of oxime groups is 1. The minimum absolute atomic E-state index is 0.192. The van der Waals surface area contributed by atoms with Crippen molar-refractivity contribution in [2.75, 3.05) is 0 Å². The molecule has 3 heteroatoms. The van der Waals surface area contributed by atoms with Crippen LogP contribution in [-0.4, -0.2) is 11.0 Å². The molecule has 0 aromatic heterocycles. The number of nitrogens with two attached hydrogens (primary N) is 1. The van der Waals surface area contributed by atoms with Crippen LogP contribution in [0.3, 0.4) is 0 Å². The third-order valence-corrected chi connectivity index (χ3v) is 1.88. The number of hydrogen-bond acceptors (Lipinski definition) is 2. The van der Waals surface area contributed by atoms with Gasteiger partial charge < -0.3 is 10.9 Å². The average molecular weight is 170 g/mol. The van der Waals surface area contributed by atoms with Gasteiger partial charge in [0.1, 0.15) is 5.84 Å². The van der Waals surface area contributed by atoms with Crippen LogP contribution in [0.5, 0.6) is 0 Å². The first-order chi connectivity index (χ1) is 5.52. The van der Waals surface area contributed by atoms with Crippen LogP contribution in [0.15, 0.2) is 17.8 Å². The molecule has 0 fully saturated rings. The van der Waals surface area contributed by atoms with E-state index in [1.165, 1.54) is 0 Å². The molecule has 0 saturated carbocycles. The third kappa shape index (κ3) is 4.77. The summed E-state index contributed by atoms with van der Waals surface area (Å²) in [5, 5.41) is 11.2. The van der Waals surface area contributed by atoms with Crippen LogP contribution < -0.4 is 5.73 Å². The van der Waals surface area contributed by atoms with E-state index in [2.05, 4.69) is 25.6 Å². The molecule has 0 saturated heterocycles. The Bertz CT molecular complexity index is 173. The summed E-state index contributed by atoms with van der Waals surface area (Å²) in [6, 6.07) is 0. The normalized spacial score (nSPS) is 13.0. The second-order valence-corrected chi connectivity index (χ2v) is 3.75. The minimum Gasteiger partial charge on any atom is -0.409 e. The SMILES string of the molecule is C=CCC(C)(C)CC/C(N)=N\O. The Kier molecular flexibility index (Phi) is 4.40. The zero-order valence-corrected chi connectivity index (χ0v) is 7.88. The average Bonchev–Trinajstić information content (AvgIpc) is 2.00. The number of nitrogens with zero attached hydrogens (tertiary/aromatic N) is 1. The number of rotatable bonds is 5. The summed E-state index contributed by atoms with van der Waals surface area (Å²) in [6.45, 7) is 7.96. The topological polar surface area (TPSA) is 58.6 Å². The zero-order chi connectivity index (χ0) is 9.61. The fourth-order valence-corrected chi connectivity index (χ4v) is 1.01. The summed E-state index contributed by atoms with van der Waals surface area (Å²) in [6.07, 6.45) is 4.39. The highest BCUT2D eigenvalue weighted by molar-refractivity contribution is 5.79. The van der Waals surface area contributed by atoms with Gasteiger partial charge in [-0.3, -0.25) is 0 Å². The second-order valence-electron chi connectivity index (χ2n) is 3.75. The van der Waals surface area contributed by atoms with Gasteiger partial charge in [0.05, 0.1) is 0 Å². The van der Waals surface area contributed by atoms with E-state index in [1.54, 1.807) is 0 Å². The molecule has 0 aromatic rings. The van der Waals surface area contributed by atoms with E-state index >= 15 is 0 Å².